The van der Waals surface area contributed by atoms with Gasteiger partial charge in [0.2, 0.25) is 0 Å². The van der Waals surface area contributed by atoms with Gasteiger partial charge in [-0.3, -0.25) is 0 Å². The lowest BCUT2D eigenvalue weighted by atomic mass is 10.1. The number of hydrogen-bond acceptors (Lipinski definition) is 3. The molecule has 6 heteroatoms. The third-order valence-electron chi connectivity index (χ3n) is 2.39. The zero-order chi connectivity index (χ0) is 11.7. The summed E-state index contributed by atoms with van der Waals surface area (Å²) in [6.07, 6.45) is 1.32. The van der Waals surface area contributed by atoms with Gasteiger partial charge in [-0.1, -0.05) is 27.5 Å². The van der Waals surface area contributed by atoms with Gasteiger partial charge in [0, 0.05) is 28.7 Å². The number of fused-ring (bicyclic) bond motifs is 1. The third-order valence-corrected chi connectivity index (χ3v) is 3.37. The number of pyridine rings is 1. The summed E-state index contributed by atoms with van der Waals surface area (Å²) >= 11 is 9.15. The second kappa shape index (κ2) is 4.71. The molecular weight excluding hydrogens is 295 g/mol. The monoisotopic (exact) mass is 304 g/mol. The average Bonchev–Trinajstić information content (AvgIpc) is 2.72. The smallest absolute Gasteiger partial charge is 0.139 e. The molecule has 16 heavy (non-hydrogen) atoms. The Hall–Kier alpha value is -0.620. The van der Waals surface area contributed by atoms with Crippen molar-refractivity contribution in [3.05, 3.63) is 29.0 Å². The molecule has 0 radical (unpaired) electrons. The summed E-state index contributed by atoms with van der Waals surface area (Å²) in [5.41, 5.74) is 1.16. The van der Waals surface area contributed by atoms with Gasteiger partial charge in [0.15, 0.2) is 0 Å². The van der Waals surface area contributed by atoms with E-state index in [0.717, 1.165) is 0 Å². The molecule has 2 atom stereocenters. The van der Waals surface area contributed by atoms with Crippen LogP contribution in [0.4, 0.5) is 0 Å². The molecule has 2 heterocycles. The number of rotatable bonds is 3. The van der Waals surface area contributed by atoms with Gasteiger partial charge in [-0.05, 0) is 6.07 Å². The van der Waals surface area contributed by atoms with Gasteiger partial charge >= 0.3 is 0 Å². The molecule has 0 amide bonds. The highest BCUT2D eigenvalue weighted by atomic mass is 79.9. The first-order valence-electron chi connectivity index (χ1n) is 4.68. The van der Waals surface area contributed by atoms with E-state index >= 15 is 0 Å². The van der Waals surface area contributed by atoms with E-state index in [-0.39, 0.29) is 0 Å². The Balaban J connectivity index is 2.53. The first-order chi connectivity index (χ1) is 7.65. The highest BCUT2D eigenvalue weighted by Gasteiger charge is 2.21. The lowest BCUT2D eigenvalue weighted by molar-refractivity contribution is 0.0352. The van der Waals surface area contributed by atoms with E-state index in [0.29, 0.717) is 26.9 Å². The number of halogens is 2. The van der Waals surface area contributed by atoms with E-state index in [2.05, 4.69) is 25.9 Å². The summed E-state index contributed by atoms with van der Waals surface area (Å²) in [6, 6.07) is 1.65. The topological polar surface area (TPSA) is 69.1 Å². The van der Waals surface area contributed by atoms with E-state index in [1.165, 1.54) is 0 Å². The Bertz CT molecular complexity index is 503. The van der Waals surface area contributed by atoms with Crippen LogP contribution in [-0.4, -0.2) is 31.6 Å². The number of aliphatic hydroxyl groups is 2. The molecule has 4 nitrogen and oxygen atoms in total. The Labute approximate surface area is 105 Å². The number of H-pyrrole nitrogens is 1. The van der Waals surface area contributed by atoms with Gasteiger partial charge < -0.3 is 15.2 Å². The Kier molecular flexibility index (Phi) is 3.49. The molecule has 0 bridgehead atoms. The number of aromatic nitrogens is 2. The molecule has 2 aromatic heterocycles. The summed E-state index contributed by atoms with van der Waals surface area (Å²) in [4.78, 5) is 6.99. The maximum absolute atomic E-state index is 9.91. The fourth-order valence-corrected chi connectivity index (χ4v) is 2.17. The molecule has 0 aliphatic heterocycles. The molecule has 0 spiro atoms. The molecule has 3 N–H and O–H groups in total. The van der Waals surface area contributed by atoms with E-state index in [4.69, 9.17) is 11.6 Å². The van der Waals surface area contributed by atoms with E-state index < -0.39 is 12.2 Å². The maximum Gasteiger partial charge on any atom is 0.139 e. The number of alkyl halides is 1. The van der Waals surface area contributed by atoms with Crippen molar-refractivity contribution in [1.29, 1.82) is 0 Å². The SMILES string of the molecule is OC(CBr)C(O)c1c[nH]c2nccc(Cl)c12. The average molecular weight is 306 g/mol. The first-order valence-corrected chi connectivity index (χ1v) is 6.18. The van der Waals surface area contributed by atoms with E-state index in [9.17, 15) is 10.2 Å². The van der Waals surface area contributed by atoms with Gasteiger partial charge in [-0.25, -0.2) is 4.98 Å². The van der Waals surface area contributed by atoms with Crippen molar-refractivity contribution < 1.29 is 10.2 Å². The van der Waals surface area contributed by atoms with Gasteiger partial charge in [-0.2, -0.15) is 0 Å². The minimum absolute atomic E-state index is 0.290. The summed E-state index contributed by atoms with van der Waals surface area (Å²) in [7, 11) is 0. The van der Waals surface area contributed by atoms with Gasteiger partial charge in [0.25, 0.3) is 0 Å². The van der Waals surface area contributed by atoms with Crippen LogP contribution in [0.2, 0.25) is 5.02 Å². The molecule has 0 aliphatic rings. The molecule has 2 aromatic rings. The number of nitrogens with zero attached hydrogens (tertiary/aromatic N) is 1. The molecule has 0 saturated heterocycles. The normalized spacial score (nSPS) is 15.2. The van der Waals surface area contributed by atoms with Crippen molar-refractivity contribution in [2.75, 3.05) is 5.33 Å². The first kappa shape index (κ1) is 11.9. The van der Waals surface area contributed by atoms with Crippen molar-refractivity contribution in [3.8, 4) is 0 Å². The Morgan fingerprint density at radius 2 is 2.25 bits per heavy atom. The highest BCUT2D eigenvalue weighted by Crippen LogP contribution is 2.30. The quantitative estimate of drug-likeness (QED) is 0.760. The molecular formula is C10H10BrClN2O2. The molecule has 0 aromatic carbocycles. The number of nitrogens with one attached hydrogen (secondary N) is 1. The fraction of sp³-hybridized carbons (Fsp3) is 0.300. The third kappa shape index (κ3) is 1.96. The lowest BCUT2D eigenvalue weighted by Crippen LogP contribution is -2.19. The fourth-order valence-electron chi connectivity index (χ4n) is 1.57. The standard InChI is InChI=1S/C10H10BrClN2O2/c11-3-7(15)9(16)5-4-14-10-8(5)6(12)1-2-13-10/h1-2,4,7,9,15-16H,3H2,(H,13,14). The predicted octanol–water partition coefficient (Wildman–Crippen LogP) is 2.01. The summed E-state index contributed by atoms with van der Waals surface area (Å²) < 4.78 is 0. The van der Waals surface area contributed by atoms with Crippen LogP contribution in [0.15, 0.2) is 18.5 Å². The van der Waals surface area contributed by atoms with Gasteiger partial charge in [0.05, 0.1) is 11.1 Å². The Morgan fingerprint density at radius 1 is 1.50 bits per heavy atom. The zero-order valence-electron chi connectivity index (χ0n) is 8.19. The van der Waals surface area contributed by atoms with Crippen molar-refractivity contribution in [3.63, 3.8) is 0 Å². The lowest BCUT2D eigenvalue weighted by Gasteiger charge is -2.14. The Morgan fingerprint density at radius 3 is 2.94 bits per heavy atom. The summed E-state index contributed by atoms with van der Waals surface area (Å²) in [6.45, 7) is 0. The van der Waals surface area contributed by atoms with Crippen LogP contribution in [0.1, 0.15) is 11.7 Å². The highest BCUT2D eigenvalue weighted by molar-refractivity contribution is 9.09. The van der Waals surface area contributed by atoms with Crippen LogP contribution in [0, 0.1) is 0 Å². The second-order valence-electron chi connectivity index (χ2n) is 3.43. The van der Waals surface area contributed by atoms with Crippen LogP contribution in [-0.2, 0) is 0 Å². The van der Waals surface area contributed by atoms with Crippen LogP contribution in [0.25, 0.3) is 11.0 Å². The molecule has 0 fully saturated rings. The van der Waals surface area contributed by atoms with Crippen LogP contribution in [0.3, 0.4) is 0 Å². The molecule has 0 saturated carbocycles. The van der Waals surface area contributed by atoms with E-state index in [1.54, 1.807) is 18.5 Å². The van der Waals surface area contributed by atoms with E-state index in [1.807, 2.05) is 0 Å². The van der Waals surface area contributed by atoms with Crippen molar-refractivity contribution in [1.82, 2.24) is 9.97 Å². The summed E-state index contributed by atoms with van der Waals surface area (Å²) in [5.74, 6) is 0. The molecule has 0 aliphatic carbocycles. The minimum Gasteiger partial charge on any atom is -0.389 e. The second-order valence-corrected chi connectivity index (χ2v) is 4.48. The number of aromatic amines is 1. The van der Waals surface area contributed by atoms with Crippen LogP contribution < -0.4 is 0 Å². The zero-order valence-corrected chi connectivity index (χ0v) is 10.5. The van der Waals surface area contributed by atoms with Crippen molar-refractivity contribution in [2.24, 2.45) is 0 Å². The largest absolute Gasteiger partial charge is 0.389 e. The predicted molar refractivity (Wildman–Crippen MR) is 65.9 cm³/mol. The molecule has 86 valence electrons. The minimum atomic E-state index is -0.991. The maximum atomic E-state index is 9.91. The number of aliphatic hydroxyl groups excluding tert-OH is 2. The van der Waals surface area contributed by atoms with Crippen molar-refractivity contribution in [2.45, 2.75) is 12.2 Å². The number of hydrogen-bond donors (Lipinski definition) is 3. The summed E-state index contributed by atoms with van der Waals surface area (Å²) in [5, 5.41) is 20.9. The molecule has 2 unspecified atom stereocenters. The van der Waals surface area contributed by atoms with Crippen LogP contribution in [0.5, 0.6) is 0 Å². The van der Waals surface area contributed by atoms with Crippen LogP contribution >= 0.6 is 27.5 Å². The van der Waals surface area contributed by atoms with Gasteiger partial charge in [0.1, 0.15) is 11.8 Å². The van der Waals surface area contributed by atoms with Gasteiger partial charge in [-0.15, -0.1) is 0 Å². The van der Waals surface area contributed by atoms with Crippen molar-refractivity contribution >= 4 is 38.6 Å². The molecule has 2 rings (SSSR count).